The first kappa shape index (κ1) is 15.0. The van der Waals surface area contributed by atoms with Crippen LogP contribution in [-0.4, -0.2) is 18.4 Å². The number of carbonyl (C=O) groups is 2. The molecule has 2 aliphatic rings. The second-order valence-corrected chi connectivity index (χ2v) is 7.17. The Morgan fingerprint density at radius 2 is 2.15 bits per heavy atom. The highest BCUT2D eigenvalue weighted by molar-refractivity contribution is 5.97. The van der Waals surface area contributed by atoms with Gasteiger partial charge in [0.15, 0.2) is 5.78 Å². The van der Waals surface area contributed by atoms with Crippen molar-refractivity contribution in [2.75, 3.05) is 6.61 Å². The van der Waals surface area contributed by atoms with Crippen molar-refractivity contribution in [1.82, 2.24) is 0 Å². The first-order valence-corrected chi connectivity index (χ1v) is 7.31. The Hall–Kier alpha value is -1.38. The molecule has 0 aromatic rings. The lowest BCUT2D eigenvalue weighted by Crippen LogP contribution is -2.29. The predicted octanol–water partition coefficient (Wildman–Crippen LogP) is 3.45. The maximum absolute atomic E-state index is 12.0. The van der Waals surface area contributed by atoms with E-state index < -0.39 is 5.41 Å². The van der Waals surface area contributed by atoms with Gasteiger partial charge in [-0.3, -0.25) is 9.59 Å². The summed E-state index contributed by atoms with van der Waals surface area (Å²) >= 11 is 0. The van der Waals surface area contributed by atoms with Crippen molar-refractivity contribution in [3.8, 4) is 0 Å². The average molecular weight is 276 g/mol. The molecule has 0 amide bonds. The van der Waals surface area contributed by atoms with E-state index in [2.05, 4.69) is 13.0 Å². The van der Waals surface area contributed by atoms with Crippen LogP contribution in [0.4, 0.5) is 0 Å². The highest BCUT2D eigenvalue weighted by atomic mass is 16.5. The van der Waals surface area contributed by atoms with Gasteiger partial charge in [-0.15, -0.1) is 0 Å². The first-order valence-electron chi connectivity index (χ1n) is 7.31. The summed E-state index contributed by atoms with van der Waals surface area (Å²) in [6, 6.07) is 0. The van der Waals surface area contributed by atoms with Crippen LogP contribution in [0.3, 0.4) is 0 Å². The number of carbonyl (C=O) groups excluding carboxylic acids is 2. The van der Waals surface area contributed by atoms with Gasteiger partial charge in [-0.1, -0.05) is 19.1 Å². The maximum atomic E-state index is 12.0. The van der Waals surface area contributed by atoms with Gasteiger partial charge in [0.25, 0.3) is 0 Å². The van der Waals surface area contributed by atoms with Crippen LogP contribution in [0.25, 0.3) is 0 Å². The fourth-order valence-corrected chi connectivity index (χ4v) is 2.76. The number of ether oxygens (including phenoxy) is 1. The van der Waals surface area contributed by atoms with Gasteiger partial charge in [-0.2, -0.15) is 0 Å². The lowest BCUT2D eigenvalue weighted by Gasteiger charge is -2.27. The van der Waals surface area contributed by atoms with E-state index in [9.17, 15) is 9.59 Å². The molecule has 0 aromatic heterocycles. The fourth-order valence-electron chi connectivity index (χ4n) is 2.76. The molecule has 3 nitrogen and oxygen atoms in total. The molecule has 110 valence electrons. The predicted molar refractivity (Wildman–Crippen MR) is 78.1 cm³/mol. The molecule has 0 aliphatic heterocycles. The summed E-state index contributed by atoms with van der Waals surface area (Å²) in [7, 11) is 0. The van der Waals surface area contributed by atoms with E-state index in [1.54, 1.807) is 6.08 Å². The number of fused-ring (bicyclic) bond motifs is 1. The molecule has 2 rings (SSSR count). The van der Waals surface area contributed by atoms with Gasteiger partial charge in [0, 0.05) is 5.41 Å². The van der Waals surface area contributed by atoms with E-state index in [-0.39, 0.29) is 17.2 Å². The molecular formula is C17H24O3. The third kappa shape index (κ3) is 2.87. The molecule has 0 N–H and O–H groups in total. The maximum Gasteiger partial charge on any atom is 0.311 e. The molecule has 0 aromatic carbocycles. The Morgan fingerprint density at radius 1 is 1.45 bits per heavy atom. The van der Waals surface area contributed by atoms with Crippen LogP contribution in [0.1, 0.15) is 47.0 Å². The number of esters is 1. The van der Waals surface area contributed by atoms with Crippen LogP contribution in [0.5, 0.6) is 0 Å². The zero-order valence-corrected chi connectivity index (χ0v) is 12.9. The quantitative estimate of drug-likeness (QED) is 0.573. The molecule has 0 saturated carbocycles. The fraction of sp³-hybridized carbons (Fsp3) is 0.647. The molecule has 20 heavy (non-hydrogen) atoms. The molecule has 0 radical (unpaired) electrons. The summed E-state index contributed by atoms with van der Waals surface area (Å²) in [5.41, 5.74) is 0.415. The van der Waals surface area contributed by atoms with Crippen molar-refractivity contribution in [3.05, 3.63) is 23.8 Å². The second kappa shape index (κ2) is 5.19. The summed E-state index contributed by atoms with van der Waals surface area (Å²) < 4.78 is 5.37. The zero-order valence-electron chi connectivity index (χ0n) is 12.9. The van der Waals surface area contributed by atoms with Crippen molar-refractivity contribution in [1.29, 1.82) is 0 Å². The molecule has 0 fully saturated rings. The van der Waals surface area contributed by atoms with Crippen LogP contribution in [0, 0.1) is 16.7 Å². The molecule has 0 bridgehead atoms. The summed E-state index contributed by atoms with van der Waals surface area (Å²) in [5.74, 6) is 0.361. The molecule has 0 spiro atoms. The number of rotatable bonds is 2. The van der Waals surface area contributed by atoms with Gasteiger partial charge >= 0.3 is 5.97 Å². The standard InChI is InChI=1S/C17H24O3/c1-16(2,3)15(19)20-11-12-5-6-13-7-8-14(18)17(13,4)10-9-12/h5,7-8,13H,6,9-11H2,1-4H3/t13-,17+/m1/s1. The number of ketones is 1. The average Bonchev–Trinajstić information content (AvgIpc) is 2.55. The monoisotopic (exact) mass is 276 g/mol. The van der Waals surface area contributed by atoms with E-state index >= 15 is 0 Å². The Labute approximate surface area is 121 Å². The summed E-state index contributed by atoms with van der Waals surface area (Å²) in [6.45, 7) is 7.97. The molecule has 3 heteroatoms. The molecule has 2 aliphatic carbocycles. The van der Waals surface area contributed by atoms with Crippen molar-refractivity contribution in [2.24, 2.45) is 16.7 Å². The Kier molecular flexibility index (Phi) is 3.90. The lowest BCUT2D eigenvalue weighted by atomic mass is 9.74. The Balaban J connectivity index is 1.96. The molecule has 2 atom stereocenters. The van der Waals surface area contributed by atoms with Crippen LogP contribution in [0.2, 0.25) is 0 Å². The van der Waals surface area contributed by atoms with E-state index in [1.165, 1.54) is 0 Å². The van der Waals surface area contributed by atoms with Crippen molar-refractivity contribution in [2.45, 2.75) is 47.0 Å². The highest BCUT2D eigenvalue weighted by Gasteiger charge is 2.42. The van der Waals surface area contributed by atoms with E-state index in [4.69, 9.17) is 4.74 Å². The summed E-state index contributed by atoms with van der Waals surface area (Å²) in [5, 5.41) is 0. The normalized spacial score (nSPS) is 29.7. The van der Waals surface area contributed by atoms with Gasteiger partial charge < -0.3 is 4.74 Å². The molecular weight excluding hydrogens is 252 g/mol. The lowest BCUT2D eigenvalue weighted by molar-refractivity contribution is -0.151. The van der Waals surface area contributed by atoms with Gasteiger partial charge in [-0.05, 0) is 57.6 Å². The molecule has 0 saturated heterocycles. The summed E-state index contributed by atoms with van der Waals surface area (Å²) in [6.07, 6.45) is 8.43. The number of allylic oxidation sites excluding steroid dienone is 3. The van der Waals surface area contributed by atoms with Crippen molar-refractivity contribution < 1.29 is 14.3 Å². The molecule has 0 heterocycles. The summed E-state index contributed by atoms with van der Waals surface area (Å²) in [4.78, 5) is 23.8. The molecule has 0 unspecified atom stereocenters. The van der Waals surface area contributed by atoms with Crippen LogP contribution in [-0.2, 0) is 14.3 Å². The minimum atomic E-state index is -0.466. The first-order chi connectivity index (χ1) is 9.23. The van der Waals surface area contributed by atoms with Crippen LogP contribution < -0.4 is 0 Å². The van der Waals surface area contributed by atoms with E-state index in [0.717, 1.165) is 24.8 Å². The van der Waals surface area contributed by atoms with E-state index in [1.807, 2.05) is 26.8 Å². The van der Waals surface area contributed by atoms with Crippen LogP contribution >= 0.6 is 0 Å². The van der Waals surface area contributed by atoms with Gasteiger partial charge in [-0.25, -0.2) is 0 Å². The Morgan fingerprint density at radius 3 is 2.80 bits per heavy atom. The van der Waals surface area contributed by atoms with E-state index in [0.29, 0.717) is 12.5 Å². The minimum absolute atomic E-state index is 0.176. The SMILES string of the molecule is CC(C)(C)C(=O)OCC1=CC[C@@H]2C=CC(=O)[C@@]2(C)CC1. The number of hydrogen-bond acceptors (Lipinski definition) is 3. The smallest absolute Gasteiger partial charge is 0.311 e. The number of hydrogen-bond donors (Lipinski definition) is 0. The third-order valence-corrected chi connectivity index (χ3v) is 4.49. The highest BCUT2D eigenvalue weighted by Crippen LogP contribution is 2.44. The van der Waals surface area contributed by atoms with Crippen LogP contribution in [0.15, 0.2) is 23.8 Å². The second-order valence-electron chi connectivity index (χ2n) is 7.17. The van der Waals surface area contributed by atoms with Gasteiger partial charge in [0.05, 0.1) is 5.41 Å². The Bertz CT molecular complexity index is 479. The van der Waals surface area contributed by atoms with Crippen molar-refractivity contribution >= 4 is 11.8 Å². The zero-order chi connectivity index (χ0) is 15.0. The van der Waals surface area contributed by atoms with Gasteiger partial charge in [0.2, 0.25) is 0 Å². The third-order valence-electron chi connectivity index (χ3n) is 4.49. The van der Waals surface area contributed by atoms with Crippen molar-refractivity contribution in [3.63, 3.8) is 0 Å². The largest absolute Gasteiger partial charge is 0.461 e. The minimum Gasteiger partial charge on any atom is -0.461 e. The van der Waals surface area contributed by atoms with Gasteiger partial charge in [0.1, 0.15) is 6.61 Å². The topological polar surface area (TPSA) is 43.4 Å².